The summed E-state index contributed by atoms with van der Waals surface area (Å²) >= 11 is 0. The summed E-state index contributed by atoms with van der Waals surface area (Å²) in [5.41, 5.74) is 5.92. The lowest BCUT2D eigenvalue weighted by Crippen LogP contribution is -2.57. The molecule has 0 fully saturated rings. The van der Waals surface area contributed by atoms with E-state index in [0.717, 1.165) is 0 Å². The average Bonchev–Trinajstić information content (AvgIpc) is 3.27. The first-order valence-electron chi connectivity index (χ1n) is 10.6. The molecule has 0 saturated carbocycles. The SMILES string of the molecule is CC(C)CC(NC(=O)C(N)CO)C(=O)NC(CCC(=O)O)C(=O)NC(Cc1cnc[nH]1)C(=O)O. The van der Waals surface area contributed by atoms with Gasteiger partial charge in [0.05, 0.1) is 12.9 Å². The topological polar surface area (TPSA) is 237 Å². The molecule has 0 spiro atoms. The fourth-order valence-electron chi connectivity index (χ4n) is 2.96. The van der Waals surface area contributed by atoms with E-state index in [1.165, 1.54) is 12.5 Å². The van der Waals surface area contributed by atoms with Crippen LogP contribution in [0.25, 0.3) is 0 Å². The van der Waals surface area contributed by atoms with Gasteiger partial charge in [-0.25, -0.2) is 9.78 Å². The number of nitrogens with zero attached hydrogens (tertiary/aromatic N) is 1. The molecule has 9 N–H and O–H groups in total. The molecule has 1 aromatic rings. The zero-order chi connectivity index (χ0) is 25.8. The molecule has 34 heavy (non-hydrogen) atoms. The van der Waals surface area contributed by atoms with E-state index in [-0.39, 0.29) is 25.2 Å². The lowest BCUT2D eigenvalue weighted by molar-refractivity contribution is -0.143. The molecule has 1 aromatic heterocycles. The number of carboxylic acid groups (broad SMARTS) is 2. The Balaban J connectivity index is 3.00. The monoisotopic (exact) mass is 484 g/mol. The van der Waals surface area contributed by atoms with Crippen molar-refractivity contribution < 1.29 is 39.3 Å². The standard InChI is InChI=1S/C20H32N6O8/c1-10(2)5-14(25-17(30)12(21)8-27)19(32)24-13(3-4-16(28)29)18(31)26-15(20(33)34)6-11-7-22-9-23-11/h7,9-10,12-15,27H,3-6,8,21H2,1-2H3,(H,22,23)(H,24,32)(H,25,30)(H,26,31)(H,28,29)(H,33,34). The fourth-order valence-corrected chi connectivity index (χ4v) is 2.96. The normalized spacial score (nSPS) is 14.5. The molecule has 190 valence electrons. The smallest absolute Gasteiger partial charge is 0.326 e. The maximum absolute atomic E-state index is 12.9. The van der Waals surface area contributed by atoms with Crippen LogP contribution in [0.2, 0.25) is 0 Å². The van der Waals surface area contributed by atoms with Crippen LogP contribution in [0.1, 0.15) is 38.8 Å². The molecule has 1 rings (SSSR count). The van der Waals surface area contributed by atoms with E-state index in [1.54, 1.807) is 13.8 Å². The van der Waals surface area contributed by atoms with Crippen molar-refractivity contribution in [3.63, 3.8) is 0 Å². The zero-order valence-electron chi connectivity index (χ0n) is 19.0. The Morgan fingerprint density at radius 2 is 1.59 bits per heavy atom. The fraction of sp³-hybridized carbons (Fsp3) is 0.600. The summed E-state index contributed by atoms with van der Waals surface area (Å²) in [6.45, 7) is 2.94. The van der Waals surface area contributed by atoms with Gasteiger partial charge in [-0.2, -0.15) is 0 Å². The highest BCUT2D eigenvalue weighted by atomic mass is 16.4. The number of carbonyl (C=O) groups is 5. The van der Waals surface area contributed by atoms with E-state index in [2.05, 4.69) is 25.9 Å². The van der Waals surface area contributed by atoms with Gasteiger partial charge in [0, 0.05) is 24.7 Å². The third kappa shape index (κ3) is 9.95. The molecule has 4 atom stereocenters. The third-order valence-electron chi connectivity index (χ3n) is 4.75. The zero-order valence-corrected chi connectivity index (χ0v) is 19.0. The van der Waals surface area contributed by atoms with Gasteiger partial charge in [0.15, 0.2) is 0 Å². The minimum absolute atomic E-state index is 0.0570. The van der Waals surface area contributed by atoms with Crippen LogP contribution in [-0.2, 0) is 30.4 Å². The van der Waals surface area contributed by atoms with Crippen molar-refractivity contribution in [2.24, 2.45) is 11.7 Å². The number of H-pyrrole nitrogens is 1. The number of aromatic amines is 1. The van der Waals surface area contributed by atoms with Gasteiger partial charge in [-0.05, 0) is 18.8 Å². The van der Waals surface area contributed by atoms with E-state index in [0.29, 0.717) is 5.69 Å². The maximum Gasteiger partial charge on any atom is 0.326 e. The van der Waals surface area contributed by atoms with Gasteiger partial charge in [-0.15, -0.1) is 0 Å². The molecule has 0 bridgehead atoms. The Kier molecular flexibility index (Phi) is 11.7. The van der Waals surface area contributed by atoms with Crippen LogP contribution < -0.4 is 21.7 Å². The van der Waals surface area contributed by atoms with E-state index in [1.807, 2.05) is 0 Å². The van der Waals surface area contributed by atoms with Crippen molar-refractivity contribution in [3.8, 4) is 0 Å². The van der Waals surface area contributed by atoms with Gasteiger partial charge < -0.3 is 42.0 Å². The van der Waals surface area contributed by atoms with Crippen LogP contribution in [0.4, 0.5) is 0 Å². The molecule has 0 radical (unpaired) electrons. The quantitative estimate of drug-likeness (QED) is 0.133. The highest BCUT2D eigenvalue weighted by Crippen LogP contribution is 2.08. The van der Waals surface area contributed by atoms with E-state index in [4.69, 9.17) is 15.9 Å². The molecule has 0 aliphatic heterocycles. The molecule has 14 heteroatoms. The van der Waals surface area contributed by atoms with Crippen molar-refractivity contribution >= 4 is 29.7 Å². The average molecular weight is 485 g/mol. The van der Waals surface area contributed by atoms with E-state index < -0.39 is 66.9 Å². The molecule has 0 aromatic carbocycles. The summed E-state index contributed by atoms with van der Waals surface area (Å²) in [5, 5.41) is 34.6. The number of nitrogens with one attached hydrogen (secondary N) is 4. The van der Waals surface area contributed by atoms with E-state index in [9.17, 15) is 29.1 Å². The minimum atomic E-state index is -1.38. The Bertz CT molecular complexity index is 844. The Morgan fingerprint density at radius 1 is 1.00 bits per heavy atom. The molecule has 14 nitrogen and oxygen atoms in total. The van der Waals surface area contributed by atoms with Crippen molar-refractivity contribution in [1.29, 1.82) is 0 Å². The van der Waals surface area contributed by atoms with Gasteiger partial charge >= 0.3 is 11.9 Å². The molecule has 3 amide bonds. The summed E-state index contributed by atoms with van der Waals surface area (Å²) in [6.07, 6.45) is 1.99. The number of carboxylic acids is 2. The summed E-state index contributed by atoms with van der Waals surface area (Å²) in [4.78, 5) is 66.9. The second-order valence-electron chi connectivity index (χ2n) is 8.15. The van der Waals surface area contributed by atoms with Gasteiger partial charge in [-0.3, -0.25) is 19.2 Å². The van der Waals surface area contributed by atoms with Crippen molar-refractivity contribution in [1.82, 2.24) is 25.9 Å². The summed E-state index contributed by atoms with van der Waals surface area (Å²) in [6, 6.07) is -5.13. The number of imidazole rings is 1. The van der Waals surface area contributed by atoms with Gasteiger partial charge in [0.1, 0.15) is 24.2 Å². The second-order valence-corrected chi connectivity index (χ2v) is 8.15. The number of rotatable bonds is 15. The second kappa shape index (κ2) is 13.9. The number of amides is 3. The van der Waals surface area contributed by atoms with E-state index >= 15 is 0 Å². The first-order chi connectivity index (χ1) is 15.9. The first kappa shape index (κ1) is 28.5. The highest BCUT2D eigenvalue weighted by Gasteiger charge is 2.31. The van der Waals surface area contributed by atoms with Crippen LogP contribution >= 0.6 is 0 Å². The Labute approximate surface area is 195 Å². The number of carbonyl (C=O) groups excluding carboxylic acids is 3. The molecule has 0 saturated heterocycles. The number of nitrogens with two attached hydrogens (primary N) is 1. The van der Waals surface area contributed by atoms with Gasteiger partial charge in [0.25, 0.3) is 0 Å². The van der Waals surface area contributed by atoms with Crippen LogP contribution in [-0.4, -0.2) is 85.7 Å². The van der Waals surface area contributed by atoms with Crippen LogP contribution in [0.15, 0.2) is 12.5 Å². The van der Waals surface area contributed by atoms with Crippen molar-refractivity contribution in [2.75, 3.05) is 6.61 Å². The third-order valence-corrected chi connectivity index (χ3v) is 4.75. The highest BCUT2D eigenvalue weighted by molar-refractivity contribution is 5.94. The maximum atomic E-state index is 12.9. The van der Waals surface area contributed by atoms with Crippen LogP contribution in [0.3, 0.4) is 0 Å². The van der Waals surface area contributed by atoms with Gasteiger partial charge in [0.2, 0.25) is 17.7 Å². The number of hydrogen-bond acceptors (Lipinski definition) is 8. The number of aliphatic hydroxyl groups excluding tert-OH is 1. The molecular weight excluding hydrogens is 452 g/mol. The van der Waals surface area contributed by atoms with Crippen LogP contribution in [0.5, 0.6) is 0 Å². The first-order valence-corrected chi connectivity index (χ1v) is 10.6. The lowest BCUT2D eigenvalue weighted by atomic mass is 10.0. The van der Waals surface area contributed by atoms with Crippen LogP contribution in [0, 0.1) is 5.92 Å². The van der Waals surface area contributed by atoms with Gasteiger partial charge in [-0.1, -0.05) is 13.8 Å². The molecule has 0 aliphatic rings. The predicted octanol–water partition coefficient (Wildman–Crippen LogP) is -2.28. The molecule has 0 aliphatic carbocycles. The Hall–Kier alpha value is -3.52. The number of aliphatic carboxylic acids is 2. The predicted molar refractivity (Wildman–Crippen MR) is 117 cm³/mol. The van der Waals surface area contributed by atoms with Crippen molar-refractivity contribution in [3.05, 3.63) is 18.2 Å². The number of aromatic nitrogens is 2. The summed E-state index contributed by atoms with van der Waals surface area (Å²) in [5.74, 6) is -5.07. The number of hydrogen-bond donors (Lipinski definition) is 8. The minimum Gasteiger partial charge on any atom is -0.481 e. The Morgan fingerprint density at radius 3 is 2.09 bits per heavy atom. The summed E-state index contributed by atoms with van der Waals surface area (Å²) in [7, 11) is 0. The molecule has 4 unspecified atom stereocenters. The summed E-state index contributed by atoms with van der Waals surface area (Å²) < 4.78 is 0. The molecule has 1 heterocycles. The molecular formula is C20H32N6O8. The number of aliphatic hydroxyl groups is 1. The van der Waals surface area contributed by atoms with Crippen molar-refractivity contribution in [2.45, 2.75) is 63.7 Å². The largest absolute Gasteiger partial charge is 0.481 e. The lowest BCUT2D eigenvalue weighted by Gasteiger charge is -2.25.